The van der Waals surface area contributed by atoms with Crippen molar-refractivity contribution in [1.82, 2.24) is 0 Å². The van der Waals surface area contributed by atoms with E-state index in [1.165, 1.54) is 11.3 Å². The van der Waals surface area contributed by atoms with Crippen LogP contribution in [-0.2, 0) is 0 Å². The van der Waals surface area contributed by atoms with Crippen LogP contribution in [0, 0.1) is 0 Å². The molecule has 0 N–H and O–H groups in total. The lowest BCUT2D eigenvalue weighted by molar-refractivity contribution is 0.0854. The molecule has 1 unspecified atom stereocenters. The van der Waals surface area contributed by atoms with Gasteiger partial charge in [-0.25, -0.2) is 0 Å². The first kappa shape index (κ1) is 12.2. The molecule has 5 heteroatoms. The molecule has 0 saturated heterocycles. The van der Waals surface area contributed by atoms with Gasteiger partial charge in [-0.2, -0.15) is 0 Å². The van der Waals surface area contributed by atoms with Crippen molar-refractivity contribution in [2.24, 2.45) is 0 Å². The number of hydrogen-bond donors (Lipinski definition) is 0. The van der Waals surface area contributed by atoms with E-state index in [0.717, 1.165) is 9.35 Å². The lowest BCUT2D eigenvalue weighted by Crippen LogP contribution is -2.19. The molecule has 2 aromatic rings. The fraction of sp³-hybridized carbons (Fsp3) is 0.154. The van der Waals surface area contributed by atoms with Gasteiger partial charge in [0.1, 0.15) is 16.2 Å². The maximum Gasteiger partial charge on any atom is 0.170 e. The monoisotopic (exact) mass is 342 g/mol. The minimum Gasteiger partial charge on any atom is -0.484 e. The van der Waals surface area contributed by atoms with Crippen molar-refractivity contribution in [3.05, 3.63) is 49.6 Å². The summed E-state index contributed by atoms with van der Waals surface area (Å²) in [6.45, 7) is 0. The van der Waals surface area contributed by atoms with E-state index in [9.17, 15) is 4.79 Å². The molecule has 0 bridgehead atoms. The topological polar surface area (TPSA) is 26.3 Å². The highest BCUT2D eigenvalue weighted by Crippen LogP contribution is 2.41. The summed E-state index contributed by atoms with van der Waals surface area (Å²) in [7, 11) is 0. The van der Waals surface area contributed by atoms with Gasteiger partial charge in [0.25, 0.3) is 0 Å². The normalized spacial score (nSPS) is 18.3. The van der Waals surface area contributed by atoms with Crippen LogP contribution < -0.4 is 4.74 Å². The smallest absolute Gasteiger partial charge is 0.170 e. The first-order valence-electron chi connectivity index (χ1n) is 5.39. The molecule has 0 spiro atoms. The third-order valence-electron chi connectivity index (χ3n) is 2.81. The molecular weight excluding hydrogens is 336 g/mol. The van der Waals surface area contributed by atoms with Crippen LogP contribution in [0.4, 0.5) is 0 Å². The van der Waals surface area contributed by atoms with Crippen molar-refractivity contribution >= 4 is 44.7 Å². The zero-order chi connectivity index (χ0) is 12.7. The number of hydrogen-bond acceptors (Lipinski definition) is 3. The van der Waals surface area contributed by atoms with E-state index in [-0.39, 0.29) is 11.9 Å². The molecule has 1 aromatic carbocycles. The molecular formula is C13H8BrClO2S. The Labute approximate surface area is 122 Å². The molecule has 1 aliphatic rings. The van der Waals surface area contributed by atoms with E-state index in [1.54, 1.807) is 6.07 Å². The lowest BCUT2D eigenvalue weighted by atomic mass is 10.00. The number of halogens is 2. The molecule has 2 nitrogen and oxygen atoms in total. The third kappa shape index (κ3) is 2.09. The number of fused-ring (bicyclic) bond motifs is 1. The highest BCUT2D eigenvalue weighted by Gasteiger charge is 2.28. The number of benzene rings is 1. The van der Waals surface area contributed by atoms with Gasteiger partial charge in [0.15, 0.2) is 5.78 Å². The highest BCUT2D eigenvalue weighted by molar-refractivity contribution is 9.10. The van der Waals surface area contributed by atoms with Gasteiger partial charge in [0.2, 0.25) is 0 Å². The summed E-state index contributed by atoms with van der Waals surface area (Å²) in [5, 5.41) is 0. The van der Waals surface area contributed by atoms with Gasteiger partial charge < -0.3 is 4.74 Å². The van der Waals surface area contributed by atoms with Gasteiger partial charge in [-0.15, -0.1) is 11.3 Å². The summed E-state index contributed by atoms with van der Waals surface area (Å²) in [5.41, 5.74) is 0.662. The second kappa shape index (κ2) is 4.68. The quantitative estimate of drug-likeness (QED) is 0.738. The maximum absolute atomic E-state index is 12.0. The number of rotatable bonds is 1. The Morgan fingerprint density at radius 3 is 2.89 bits per heavy atom. The van der Waals surface area contributed by atoms with Gasteiger partial charge in [-0.05, 0) is 34.1 Å². The van der Waals surface area contributed by atoms with Crippen molar-refractivity contribution in [3.63, 3.8) is 0 Å². The Hall–Kier alpha value is -0.840. The molecule has 0 saturated carbocycles. The lowest BCUT2D eigenvalue weighted by Gasteiger charge is -2.24. The van der Waals surface area contributed by atoms with E-state index in [4.69, 9.17) is 16.3 Å². The molecule has 0 radical (unpaired) electrons. The summed E-state index contributed by atoms with van der Waals surface area (Å²) < 4.78 is 7.39. The number of ketones is 1. The largest absolute Gasteiger partial charge is 0.484 e. The fourth-order valence-corrected chi connectivity index (χ4v) is 3.72. The Morgan fingerprint density at radius 1 is 1.39 bits per heavy atom. The van der Waals surface area contributed by atoms with Crippen LogP contribution >= 0.6 is 38.9 Å². The fourth-order valence-electron chi connectivity index (χ4n) is 1.95. The average molecular weight is 344 g/mol. The highest BCUT2D eigenvalue weighted by atomic mass is 79.9. The second-order valence-electron chi connectivity index (χ2n) is 4.00. The molecule has 0 aliphatic carbocycles. The van der Waals surface area contributed by atoms with Crippen LogP contribution in [-0.4, -0.2) is 5.78 Å². The van der Waals surface area contributed by atoms with Crippen molar-refractivity contribution in [2.75, 3.05) is 0 Å². The third-order valence-corrected chi connectivity index (χ3v) is 5.38. The van der Waals surface area contributed by atoms with Crippen LogP contribution in [0.25, 0.3) is 0 Å². The van der Waals surface area contributed by atoms with E-state index >= 15 is 0 Å². The Balaban J connectivity index is 1.97. The first-order valence-corrected chi connectivity index (χ1v) is 7.37. The van der Waals surface area contributed by atoms with Gasteiger partial charge in [-0.1, -0.05) is 23.7 Å². The molecule has 0 amide bonds. The molecule has 1 aliphatic heterocycles. The Kier molecular flexibility index (Phi) is 3.18. The molecule has 92 valence electrons. The van der Waals surface area contributed by atoms with Crippen molar-refractivity contribution in [1.29, 1.82) is 0 Å². The number of Topliss-reactive ketones (excluding diaryl/α,β-unsaturated/α-hetero) is 1. The zero-order valence-corrected chi connectivity index (χ0v) is 12.3. The van der Waals surface area contributed by atoms with Crippen LogP contribution in [0.15, 0.2) is 34.8 Å². The Bertz CT molecular complexity index is 604. The number of thiophene rings is 1. The predicted octanol–water partition coefficient (Wildman–Crippen LogP) is 4.87. The van der Waals surface area contributed by atoms with Gasteiger partial charge in [-0.3, -0.25) is 4.79 Å². The number of carbonyl (C=O) groups excluding carboxylic acids is 1. The molecule has 1 aromatic heterocycles. The van der Waals surface area contributed by atoms with E-state index in [2.05, 4.69) is 15.9 Å². The zero-order valence-electron chi connectivity index (χ0n) is 9.15. The van der Waals surface area contributed by atoms with Crippen molar-refractivity contribution in [2.45, 2.75) is 12.5 Å². The molecule has 2 heterocycles. The van der Waals surface area contributed by atoms with Gasteiger partial charge in [0.05, 0.1) is 12.0 Å². The van der Waals surface area contributed by atoms with Gasteiger partial charge in [0, 0.05) is 9.35 Å². The summed E-state index contributed by atoms with van der Waals surface area (Å²) in [4.78, 5) is 13.0. The van der Waals surface area contributed by atoms with Crippen molar-refractivity contribution in [3.8, 4) is 5.75 Å². The predicted molar refractivity (Wildman–Crippen MR) is 75.8 cm³/mol. The van der Waals surface area contributed by atoms with Crippen LogP contribution in [0.2, 0.25) is 4.34 Å². The van der Waals surface area contributed by atoms with Crippen molar-refractivity contribution < 1.29 is 9.53 Å². The average Bonchev–Trinajstić information content (AvgIpc) is 2.70. The standard InChI is InChI=1S/C13H8BrClO2S/c14-8-5-12(18-13(8)15)11-6-9(16)7-3-1-2-4-10(7)17-11/h1-5,11H,6H2. The number of carbonyl (C=O) groups is 1. The summed E-state index contributed by atoms with van der Waals surface area (Å²) in [6.07, 6.45) is 0.126. The summed E-state index contributed by atoms with van der Waals surface area (Å²) >= 11 is 10.8. The van der Waals surface area contributed by atoms with E-state index in [0.29, 0.717) is 22.1 Å². The summed E-state index contributed by atoms with van der Waals surface area (Å²) in [6, 6.07) is 9.25. The molecule has 1 atom stereocenters. The van der Waals surface area contributed by atoms with E-state index in [1.807, 2.05) is 24.3 Å². The second-order valence-corrected chi connectivity index (χ2v) is 6.54. The molecule has 0 fully saturated rings. The van der Waals surface area contributed by atoms with Gasteiger partial charge >= 0.3 is 0 Å². The SMILES string of the molecule is O=C1CC(c2cc(Br)c(Cl)s2)Oc2ccccc21. The number of para-hydroxylation sites is 1. The van der Waals surface area contributed by atoms with E-state index < -0.39 is 0 Å². The maximum atomic E-state index is 12.0. The van der Waals surface area contributed by atoms with Crippen LogP contribution in [0.3, 0.4) is 0 Å². The summed E-state index contributed by atoms with van der Waals surface area (Å²) in [5.74, 6) is 0.766. The minimum atomic E-state index is -0.235. The van der Waals surface area contributed by atoms with Crippen LogP contribution in [0.5, 0.6) is 5.75 Å². The minimum absolute atomic E-state index is 0.113. The molecule has 18 heavy (non-hydrogen) atoms. The molecule has 3 rings (SSSR count). The first-order chi connectivity index (χ1) is 8.65. The Morgan fingerprint density at radius 2 is 2.17 bits per heavy atom. The number of ether oxygens (including phenoxy) is 1. The van der Waals surface area contributed by atoms with Crippen LogP contribution in [0.1, 0.15) is 27.8 Å².